The third-order valence-corrected chi connectivity index (χ3v) is 7.30. The number of hydrogen-bond donors (Lipinski definition) is 1. The van der Waals surface area contributed by atoms with Crippen LogP contribution in [-0.2, 0) is 4.79 Å². The van der Waals surface area contributed by atoms with Crippen LogP contribution in [0.3, 0.4) is 0 Å². The largest absolute Gasteiger partial charge is 0.272 e. The van der Waals surface area contributed by atoms with Crippen LogP contribution in [-0.4, -0.2) is 32.1 Å². The van der Waals surface area contributed by atoms with Gasteiger partial charge in [-0.05, 0) is 66.9 Å². The quantitative estimate of drug-likeness (QED) is 0.126. The van der Waals surface area contributed by atoms with Crippen molar-refractivity contribution < 1.29 is 4.79 Å². The molecule has 1 heterocycles. The molecule has 5 aromatic rings. The van der Waals surface area contributed by atoms with Crippen LogP contribution in [0.25, 0.3) is 28.2 Å². The number of rotatable bonds is 8. The van der Waals surface area contributed by atoms with Crippen LogP contribution in [0.1, 0.15) is 18.1 Å². The highest BCUT2D eigenvalue weighted by molar-refractivity contribution is 7.99. The minimum Gasteiger partial charge on any atom is -0.272 e. The van der Waals surface area contributed by atoms with Gasteiger partial charge in [-0.3, -0.25) is 9.36 Å². The number of carbonyl (C=O) groups excluding carboxylic acids is 1. The average molecular weight is 552 g/mol. The van der Waals surface area contributed by atoms with E-state index >= 15 is 0 Å². The summed E-state index contributed by atoms with van der Waals surface area (Å²) in [4.78, 5) is 12.7. The van der Waals surface area contributed by atoms with Gasteiger partial charge in [-0.25, -0.2) is 5.43 Å². The first-order valence-electron chi connectivity index (χ1n) is 12.4. The van der Waals surface area contributed by atoms with Crippen LogP contribution in [0.2, 0.25) is 5.02 Å². The van der Waals surface area contributed by atoms with Gasteiger partial charge in [0.15, 0.2) is 11.0 Å². The standard InChI is InChI=1S/C31H26ClN5OS/c1-21-8-18-28(19-9-21)37-30(26-14-16-27(32)17-15-26)35-36-31(37)39-20-29(38)34-33-22(2)23-10-12-25(13-11-23)24-6-4-3-5-7-24/h3-19H,20H2,1-2H3,(H,34,38). The first-order valence-corrected chi connectivity index (χ1v) is 13.7. The van der Waals surface area contributed by atoms with Gasteiger partial charge in [-0.1, -0.05) is 95.7 Å². The molecule has 0 bridgehead atoms. The average Bonchev–Trinajstić information content (AvgIpc) is 3.40. The second-order valence-corrected chi connectivity index (χ2v) is 10.3. The number of nitrogens with one attached hydrogen (secondary N) is 1. The lowest BCUT2D eigenvalue weighted by Gasteiger charge is -2.11. The molecule has 194 valence electrons. The molecule has 0 spiro atoms. The highest BCUT2D eigenvalue weighted by Gasteiger charge is 2.17. The second-order valence-electron chi connectivity index (χ2n) is 8.95. The summed E-state index contributed by atoms with van der Waals surface area (Å²) in [6, 6.07) is 33.8. The molecule has 0 aliphatic rings. The number of benzene rings is 4. The van der Waals surface area contributed by atoms with E-state index in [9.17, 15) is 4.79 Å². The van der Waals surface area contributed by atoms with Gasteiger partial charge >= 0.3 is 0 Å². The number of amides is 1. The Hall–Kier alpha value is -4.20. The lowest BCUT2D eigenvalue weighted by Crippen LogP contribution is -2.21. The molecule has 39 heavy (non-hydrogen) atoms. The number of halogens is 1. The molecule has 0 saturated heterocycles. The molecule has 5 rings (SSSR count). The van der Waals surface area contributed by atoms with Gasteiger partial charge in [0.2, 0.25) is 0 Å². The Kier molecular flexibility index (Phi) is 8.20. The van der Waals surface area contributed by atoms with E-state index in [0.29, 0.717) is 16.0 Å². The van der Waals surface area contributed by atoms with Crippen molar-refractivity contribution in [3.8, 4) is 28.2 Å². The summed E-state index contributed by atoms with van der Waals surface area (Å²) in [5.41, 5.74) is 9.54. The molecule has 1 N–H and O–H groups in total. The molecule has 4 aromatic carbocycles. The Morgan fingerprint density at radius 2 is 1.49 bits per heavy atom. The van der Waals surface area contributed by atoms with E-state index in [2.05, 4.69) is 45.0 Å². The molecular formula is C31H26ClN5OS. The fourth-order valence-electron chi connectivity index (χ4n) is 3.98. The predicted molar refractivity (Wildman–Crippen MR) is 159 cm³/mol. The second kappa shape index (κ2) is 12.1. The molecule has 0 saturated carbocycles. The van der Waals surface area contributed by atoms with Crippen LogP contribution in [0.15, 0.2) is 113 Å². The van der Waals surface area contributed by atoms with E-state index in [0.717, 1.165) is 39.2 Å². The number of aromatic nitrogens is 3. The van der Waals surface area contributed by atoms with E-state index in [4.69, 9.17) is 11.6 Å². The molecule has 6 nitrogen and oxygen atoms in total. The molecule has 0 aliphatic carbocycles. The Labute approximate surface area is 236 Å². The number of hydrogen-bond acceptors (Lipinski definition) is 5. The number of hydrazone groups is 1. The van der Waals surface area contributed by atoms with Crippen molar-refractivity contribution in [2.24, 2.45) is 5.10 Å². The summed E-state index contributed by atoms with van der Waals surface area (Å²) in [6.07, 6.45) is 0. The number of aryl methyl sites for hydroxylation is 1. The van der Waals surface area contributed by atoms with Crippen LogP contribution >= 0.6 is 23.4 Å². The molecule has 0 fully saturated rings. The third kappa shape index (κ3) is 6.45. The van der Waals surface area contributed by atoms with Crippen LogP contribution in [0.4, 0.5) is 0 Å². The maximum absolute atomic E-state index is 12.7. The van der Waals surface area contributed by atoms with Crippen molar-refractivity contribution >= 4 is 35.0 Å². The predicted octanol–water partition coefficient (Wildman–Crippen LogP) is 7.20. The van der Waals surface area contributed by atoms with Gasteiger partial charge in [0, 0.05) is 16.3 Å². The maximum Gasteiger partial charge on any atom is 0.250 e. The van der Waals surface area contributed by atoms with Crippen LogP contribution in [0, 0.1) is 6.92 Å². The Morgan fingerprint density at radius 3 is 2.18 bits per heavy atom. The summed E-state index contributed by atoms with van der Waals surface area (Å²) >= 11 is 7.39. The van der Waals surface area contributed by atoms with Crippen molar-refractivity contribution in [2.45, 2.75) is 19.0 Å². The van der Waals surface area contributed by atoms with Crippen molar-refractivity contribution in [1.29, 1.82) is 0 Å². The first-order chi connectivity index (χ1) is 19.0. The molecule has 0 unspecified atom stereocenters. The SMILES string of the molecule is CC(=NNC(=O)CSc1nnc(-c2ccc(Cl)cc2)n1-c1ccc(C)cc1)c1ccc(-c2ccccc2)cc1. The number of carbonyl (C=O) groups is 1. The highest BCUT2D eigenvalue weighted by Crippen LogP contribution is 2.29. The highest BCUT2D eigenvalue weighted by atomic mass is 35.5. The first kappa shape index (κ1) is 26.4. The zero-order valence-corrected chi connectivity index (χ0v) is 23.1. The monoisotopic (exact) mass is 551 g/mol. The Bertz CT molecular complexity index is 1600. The molecule has 0 aliphatic heterocycles. The van der Waals surface area contributed by atoms with Gasteiger partial charge in [-0.2, -0.15) is 5.10 Å². The topological polar surface area (TPSA) is 72.2 Å². The lowest BCUT2D eigenvalue weighted by molar-refractivity contribution is -0.118. The van der Waals surface area contributed by atoms with E-state index in [1.807, 2.05) is 97.3 Å². The van der Waals surface area contributed by atoms with E-state index < -0.39 is 0 Å². The van der Waals surface area contributed by atoms with E-state index in [1.165, 1.54) is 11.8 Å². The molecule has 8 heteroatoms. The summed E-state index contributed by atoms with van der Waals surface area (Å²) < 4.78 is 1.95. The summed E-state index contributed by atoms with van der Waals surface area (Å²) in [5.74, 6) is 0.576. The van der Waals surface area contributed by atoms with Gasteiger partial charge < -0.3 is 0 Å². The lowest BCUT2D eigenvalue weighted by atomic mass is 10.0. The number of thioether (sulfide) groups is 1. The summed E-state index contributed by atoms with van der Waals surface area (Å²) in [7, 11) is 0. The van der Waals surface area contributed by atoms with Gasteiger partial charge in [0.05, 0.1) is 11.5 Å². The van der Waals surface area contributed by atoms with Gasteiger partial charge in [0.25, 0.3) is 5.91 Å². The smallest absolute Gasteiger partial charge is 0.250 e. The zero-order chi connectivity index (χ0) is 27.2. The number of nitrogens with zero attached hydrogens (tertiary/aromatic N) is 4. The van der Waals surface area contributed by atoms with Crippen molar-refractivity contribution in [1.82, 2.24) is 20.2 Å². The minimum atomic E-state index is -0.230. The molecular weight excluding hydrogens is 526 g/mol. The summed E-state index contributed by atoms with van der Waals surface area (Å²) in [6.45, 7) is 3.91. The fourth-order valence-corrected chi connectivity index (χ4v) is 4.85. The van der Waals surface area contributed by atoms with E-state index in [1.54, 1.807) is 0 Å². The van der Waals surface area contributed by atoms with Crippen molar-refractivity contribution in [2.75, 3.05) is 5.75 Å². The van der Waals surface area contributed by atoms with Crippen LogP contribution < -0.4 is 5.43 Å². The molecule has 1 amide bonds. The van der Waals surface area contributed by atoms with Crippen LogP contribution in [0.5, 0.6) is 0 Å². The Morgan fingerprint density at radius 1 is 0.846 bits per heavy atom. The zero-order valence-electron chi connectivity index (χ0n) is 21.5. The molecule has 0 atom stereocenters. The van der Waals surface area contributed by atoms with Gasteiger partial charge in [-0.15, -0.1) is 10.2 Å². The molecule has 0 radical (unpaired) electrons. The van der Waals surface area contributed by atoms with Crippen molar-refractivity contribution in [3.63, 3.8) is 0 Å². The van der Waals surface area contributed by atoms with Gasteiger partial charge in [0.1, 0.15) is 0 Å². The van der Waals surface area contributed by atoms with E-state index in [-0.39, 0.29) is 11.7 Å². The minimum absolute atomic E-state index is 0.133. The molecule has 1 aromatic heterocycles. The Balaban J connectivity index is 1.28. The third-order valence-electron chi connectivity index (χ3n) is 6.12. The fraction of sp³-hybridized carbons (Fsp3) is 0.0968. The van der Waals surface area contributed by atoms with Crippen molar-refractivity contribution in [3.05, 3.63) is 119 Å². The summed E-state index contributed by atoms with van der Waals surface area (Å²) in [5, 5.41) is 14.4. The normalized spacial score (nSPS) is 11.4. The maximum atomic E-state index is 12.7.